The summed E-state index contributed by atoms with van der Waals surface area (Å²) in [7, 11) is 0. The summed E-state index contributed by atoms with van der Waals surface area (Å²) in [5.41, 5.74) is 2.65. The summed E-state index contributed by atoms with van der Waals surface area (Å²) in [5.74, 6) is 1.85. The van der Waals surface area contributed by atoms with Crippen molar-refractivity contribution in [2.45, 2.75) is 25.8 Å². The van der Waals surface area contributed by atoms with E-state index in [1.54, 1.807) is 0 Å². The van der Waals surface area contributed by atoms with E-state index in [1.165, 1.54) is 23.4 Å². The standard InChI is InChI=1S/C15H23NOS/c1-12(14-7-9-17-11-14)16-15-5-3-13(4-6-15)8-10-18-2/h3-6,12,14,16H,7-11H2,1-2H3/t12-,14-/m0/s1. The maximum Gasteiger partial charge on any atom is 0.0514 e. The molecule has 0 unspecified atom stereocenters. The summed E-state index contributed by atoms with van der Waals surface area (Å²) in [6.07, 6.45) is 4.49. The molecule has 100 valence electrons. The minimum absolute atomic E-state index is 0.490. The van der Waals surface area contributed by atoms with Crippen LogP contribution in [-0.2, 0) is 11.2 Å². The Balaban J connectivity index is 1.85. The van der Waals surface area contributed by atoms with Crippen LogP contribution in [0.4, 0.5) is 5.69 Å². The Bertz CT molecular complexity index is 346. The van der Waals surface area contributed by atoms with Crippen LogP contribution in [0.25, 0.3) is 0 Å². The average molecular weight is 265 g/mol. The molecule has 1 aliphatic heterocycles. The molecule has 2 rings (SSSR count). The molecule has 1 aliphatic rings. The van der Waals surface area contributed by atoms with Crippen LogP contribution in [0.3, 0.4) is 0 Å². The lowest BCUT2D eigenvalue weighted by Crippen LogP contribution is -2.26. The number of nitrogens with one attached hydrogen (secondary N) is 1. The van der Waals surface area contributed by atoms with Crippen molar-refractivity contribution in [3.05, 3.63) is 29.8 Å². The number of hydrogen-bond donors (Lipinski definition) is 1. The van der Waals surface area contributed by atoms with Gasteiger partial charge in [0.1, 0.15) is 0 Å². The highest BCUT2D eigenvalue weighted by atomic mass is 32.2. The molecule has 0 saturated carbocycles. The number of hydrogen-bond acceptors (Lipinski definition) is 3. The molecule has 2 atom stereocenters. The highest BCUT2D eigenvalue weighted by Gasteiger charge is 2.21. The van der Waals surface area contributed by atoms with E-state index in [-0.39, 0.29) is 0 Å². The third-order valence-corrected chi connectivity index (χ3v) is 4.23. The summed E-state index contributed by atoms with van der Waals surface area (Å²) < 4.78 is 5.44. The van der Waals surface area contributed by atoms with Gasteiger partial charge >= 0.3 is 0 Å². The SMILES string of the molecule is CSCCc1ccc(N[C@@H](C)[C@H]2CCOC2)cc1. The molecule has 3 heteroatoms. The second-order valence-electron chi connectivity index (χ2n) is 5.00. The molecule has 1 saturated heterocycles. The maximum absolute atomic E-state index is 5.44. The molecule has 0 amide bonds. The van der Waals surface area contributed by atoms with Crippen LogP contribution in [0, 0.1) is 5.92 Å². The van der Waals surface area contributed by atoms with Crippen molar-refractivity contribution in [1.29, 1.82) is 0 Å². The van der Waals surface area contributed by atoms with Crippen LogP contribution < -0.4 is 5.32 Å². The number of benzene rings is 1. The summed E-state index contributed by atoms with van der Waals surface area (Å²) in [4.78, 5) is 0. The first-order valence-corrected chi connectivity index (χ1v) is 8.11. The lowest BCUT2D eigenvalue weighted by Gasteiger charge is -2.20. The Morgan fingerprint density at radius 3 is 2.78 bits per heavy atom. The number of aryl methyl sites for hydroxylation is 1. The molecule has 1 aromatic carbocycles. The Morgan fingerprint density at radius 1 is 1.39 bits per heavy atom. The van der Waals surface area contributed by atoms with Crippen LogP contribution in [0.1, 0.15) is 18.9 Å². The Hall–Kier alpha value is -0.670. The van der Waals surface area contributed by atoms with E-state index in [4.69, 9.17) is 4.74 Å². The topological polar surface area (TPSA) is 21.3 Å². The lowest BCUT2D eigenvalue weighted by molar-refractivity contribution is 0.183. The van der Waals surface area contributed by atoms with E-state index < -0.39 is 0 Å². The zero-order valence-corrected chi connectivity index (χ0v) is 12.1. The van der Waals surface area contributed by atoms with Crippen molar-refractivity contribution >= 4 is 17.4 Å². The van der Waals surface area contributed by atoms with Crippen LogP contribution in [0.15, 0.2) is 24.3 Å². The van der Waals surface area contributed by atoms with Crippen LogP contribution in [0.2, 0.25) is 0 Å². The van der Waals surface area contributed by atoms with Gasteiger partial charge in [-0.1, -0.05) is 12.1 Å². The smallest absolute Gasteiger partial charge is 0.0514 e. The van der Waals surface area contributed by atoms with Crippen molar-refractivity contribution in [3.63, 3.8) is 0 Å². The molecule has 0 spiro atoms. The molecule has 0 bridgehead atoms. The average Bonchev–Trinajstić information content (AvgIpc) is 2.92. The predicted molar refractivity (Wildman–Crippen MR) is 80.5 cm³/mol. The third-order valence-electron chi connectivity index (χ3n) is 3.62. The van der Waals surface area contributed by atoms with Gasteiger partial charge in [0.15, 0.2) is 0 Å². The van der Waals surface area contributed by atoms with Gasteiger partial charge in [0.2, 0.25) is 0 Å². The van der Waals surface area contributed by atoms with Gasteiger partial charge in [0.25, 0.3) is 0 Å². The van der Waals surface area contributed by atoms with E-state index in [0.717, 1.165) is 19.6 Å². The Labute approximate surface area is 114 Å². The fraction of sp³-hybridized carbons (Fsp3) is 0.600. The predicted octanol–water partition coefficient (Wildman–Crippen LogP) is 3.43. The summed E-state index contributed by atoms with van der Waals surface area (Å²) in [5, 5.41) is 3.58. The highest BCUT2D eigenvalue weighted by molar-refractivity contribution is 7.98. The Morgan fingerprint density at radius 2 is 2.17 bits per heavy atom. The molecule has 0 radical (unpaired) electrons. The first-order valence-electron chi connectivity index (χ1n) is 6.72. The van der Waals surface area contributed by atoms with Crippen LogP contribution >= 0.6 is 11.8 Å². The second-order valence-corrected chi connectivity index (χ2v) is 5.98. The minimum Gasteiger partial charge on any atom is -0.382 e. The van der Waals surface area contributed by atoms with Gasteiger partial charge in [-0.2, -0.15) is 11.8 Å². The van der Waals surface area contributed by atoms with Crippen molar-refractivity contribution < 1.29 is 4.74 Å². The molecule has 18 heavy (non-hydrogen) atoms. The van der Waals surface area contributed by atoms with Crippen molar-refractivity contribution in [2.24, 2.45) is 5.92 Å². The van der Waals surface area contributed by atoms with E-state index >= 15 is 0 Å². The van der Waals surface area contributed by atoms with Crippen molar-refractivity contribution in [2.75, 3.05) is 30.5 Å². The molecule has 1 heterocycles. The van der Waals surface area contributed by atoms with Gasteiger partial charge in [-0.05, 0) is 49.5 Å². The fourth-order valence-corrected chi connectivity index (χ4v) is 2.76. The first-order chi connectivity index (χ1) is 8.79. The summed E-state index contributed by atoms with van der Waals surface area (Å²) in [6.45, 7) is 4.07. The van der Waals surface area contributed by atoms with Crippen LogP contribution in [-0.4, -0.2) is 31.3 Å². The molecule has 1 aromatic rings. The monoisotopic (exact) mass is 265 g/mol. The quantitative estimate of drug-likeness (QED) is 0.851. The van der Waals surface area contributed by atoms with E-state index in [1.807, 2.05) is 11.8 Å². The molecule has 1 N–H and O–H groups in total. The Kier molecular flexibility index (Phi) is 5.39. The summed E-state index contributed by atoms with van der Waals surface area (Å²) in [6, 6.07) is 9.35. The molecule has 1 fully saturated rings. The largest absolute Gasteiger partial charge is 0.382 e. The summed E-state index contributed by atoms with van der Waals surface area (Å²) >= 11 is 1.90. The molecular weight excluding hydrogens is 242 g/mol. The van der Waals surface area contributed by atoms with E-state index in [2.05, 4.69) is 42.8 Å². The number of ether oxygens (including phenoxy) is 1. The third kappa shape index (κ3) is 3.92. The molecule has 0 aromatic heterocycles. The molecule has 0 aliphatic carbocycles. The maximum atomic E-state index is 5.44. The van der Waals surface area contributed by atoms with Crippen LogP contribution in [0.5, 0.6) is 0 Å². The van der Waals surface area contributed by atoms with Crippen molar-refractivity contribution in [1.82, 2.24) is 0 Å². The van der Waals surface area contributed by atoms with Gasteiger partial charge in [-0.25, -0.2) is 0 Å². The zero-order chi connectivity index (χ0) is 12.8. The van der Waals surface area contributed by atoms with E-state index in [0.29, 0.717) is 12.0 Å². The normalized spacial score (nSPS) is 20.9. The first kappa shape index (κ1) is 13.8. The van der Waals surface area contributed by atoms with E-state index in [9.17, 15) is 0 Å². The lowest BCUT2D eigenvalue weighted by atomic mass is 10.0. The number of thioether (sulfide) groups is 1. The van der Waals surface area contributed by atoms with Gasteiger partial charge in [-0.15, -0.1) is 0 Å². The second kappa shape index (κ2) is 7.05. The minimum atomic E-state index is 0.490. The van der Waals surface area contributed by atoms with Gasteiger partial charge in [0.05, 0.1) is 6.61 Å². The van der Waals surface area contributed by atoms with Gasteiger partial charge < -0.3 is 10.1 Å². The zero-order valence-electron chi connectivity index (χ0n) is 11.3. The van der Waals surface area contributed by atoms with Gasteiger partial charge in [-0.3, -0.25) is 0 Å². The molecule has 2 nitrogen and oxygen atoms in total. The highest BCUT2D eigenvalue weighted by Crippen LogP contribution is 2.20. The fourth-order valence-electron chi connectivity index (χ4n) is 2.32. The number of rotatable bonds is 6. The number of anilines is 1. The van der Waals surface area contributed by atoms with Crippen molar-refractivity contribution in [3.8, 4) is 0 Å². The van der Waals surface area contributed by atoms with Gasteiger partial charge in [0, 0.05) is 24.3 Å². The molecular formula is C15H23NOS.